The average molecular weight is 340 g/mol. The first-order valence-electron chi connectivity index (χ1n) is 8.08. The zero-order valence-electron chi connectivity index (χ0n) is 13.4. The predicted molar refractivity (Wildman–Crippen MR) is 87.6 cm³/mol. The molecule has 0 bridgehead atoms. The van der Waals surface area contributed by atoms with Crippen molar-refractivity contribution < 1.29 is 29.3 Å². The molecule has 2 N–H and O–H groups in total. The zero-order valence-corrected chi connectivity index (χ0v) is 13.4. The molecule has 0 aromatic heterocycles. The number of carbonyl (C=O) groups is 2. The van der Waals surface area contributed by atoms with Crippen LogP contribution in [0.1, 0.15) is 44.7 Å². The Balaban J connectivity index is 0.000000126. The van der Waals surface area contributed by atoms with Gasteiger partial charge in [0.1, 0.15) is 0 Å². The summed E-state index contributed by atoms with van der Waals surface area (Å²) in [6.07, 6.45) is 2.37. The molecule has 25 heavy (non-hydrogen) atoms. The van der Waals surface area contributed by atoms with Crippen molar-refractivity contribution in [1.29, 1.82) is 0 Å². The third kappa shape index (κ3) is 2.50. The molecule has 0 unspecified atom stereocenters. The number of ether oxygens (including phenoxy) is 2. The molecule has 6 nitrogen and oxygen atoms in total. The number of carbonyl (C=O) groups excluding carboxylic acids is 2. The minimum Gasteiger partial charge on any atom is -0.504 e. The third-order valence-corrected chi connectivity index (χ3v) is 4.71. The van der Waals surface area contributed by atoms with Crippen molar-refractivity contribution in [3.8, 4) is 23.0 Å². The van der Waals surface area contributed by atoms with Gasteiger partial charge in [0.2, 0.25) is 6.79 Å². The van der Waals surface area contributed by atoms with Gasteiger partial charge in [-0.25, -0.2) is 0 Å². The number of phenols is 2. The minimum absolute atomic E-state index is 0.0419. The lowest BCUT2D eigenvalue weighted by atomic mass is 10.1. The lowest BCUT2D eigenvalue weighted by molar-refractivity contribution is 0.0986. The molecule has 0 radical (unpaired) electrons. The number of aromatic hydroxyl groups is 2. The first kappa shape index (κ1) is 15.5. The fourth-order valence-corrected chi connectivity index (χ4v) is 3.42. The number of ketones is 2. The normalized spacial score (nSPS) is 16.3. The Hall–Kier alpha value is -3.02. The van der Waals surface area contributed by atoms with Crippen molar-refractivity contribution in [2.45, 2.75) is 25.7 Å². The van der Waals surface area contributed by atoms with Gasteiger partial charge in [-0.3, -0.25) is 9.59 Å². The number of rotatable bonds is 0. The van der Waals surface area contributed by atoms with Gasteiger partial charge in [0, 0.05) is 35.1 Å². The van der Waals surface area contributed by atoms with Gasteiger partial charge in [-0.1, -0.05) is 0 Å². The van der Waals surface area contributed by atoms with Crippen LogP contribution >= 0.6 is 0 Å². The molecule has 128 valence electrons. The lowest BCUT2D eigenvalue weighted by Crippen LogP contribution is -1.94. The number of hydrogen-bond donors (Lipinski definition) is 2. The standard InChI is InChI=1S/C10H8O3.C9H8O3/c11-8-3-1-7-6(8)2-4-9-10(7)13-5-12-9;10-7-3-2-6-5(7)1-4-8(11)9(6)12/h2,4H,1,3,5H2;1,4,11-12H,2-3H2. The van der Waals surface area contributed by atoms with Crippen LogP contribution in [0.15, 0.2) is 24.3 Å². The molecule has 0 fully saturated rings. The Morgan fingerprint density at radius 3 is 2.16 bits per heavy atom. The number of fused-ring (bicyclic) bond motifs is 4. The van der Waals surface area contributed by atoms with Crippen LogP contribution in [0, 0.1) is 0 Å². The Kier molecular flexibility index (Phi) is 3.60. The van der Waals surface area contributed by atoms with Crippen LogP contribution in [0.25, 0.3) is 0 Å². The third-order valence-electron chi connectivity index (χ3n) is 4.71. The minimum atomic E-state index is -0.150. The van der Waals surface area contributed by atoms with Crippen molar-refractivity contribution in [1.82, 2.24) is 0 Å². The molecule has 1 aliphatic heterocycles. The number of Topliss-reactive ketones (excluding diaryl/α,β-unsaturated/α-hetero) is 2. The Morgan fingerprint density at radius 2 is 1.40 bits per heavy atom. The van der Waals surface area contributed by atoms with Crippen LogP contribution in [0.2, 0.25) is 0 Å². The molecular formula is C19H16O6. The number of benzene rings is 2. The highest BCUT2D eigenvalue weighted by Crippen LogP contribution is 2.41. The van der Waals surface area contributed by atoms with E-state index in [4.69, 9.17) is 14.6 Å². The molecule has 0 spiro atoms. The van der Waals surface area contributed by atoms with Crippen LogP contribution in [0.4, 0.5) is 0 Å². The fraction of sp³-hybridized carbons (Fsp3) is 0.263. The molecule has 3 aliphatic rings. The highest BCUT2D eigenvalue weighted by atomic mass is 16.7. The smallest absolute Gasteiger partial charge is 0.231 e. The highest BCUT2D eigenvalue weighted by Gasteiger charge is 2.28. The quantitative estimate of drug-likeness (QED) is 0.716. The summed E-state index contributed by atoms with van der Waals surface area (Å²) in [6, 6.07) is 6.54. The van der Waals surface area contributed by atoms with Gasteiger partial charge in [0.15, 0.2) is 34.6 Å². The summed E-state index contributed by atoms with van der Waals surface area (Å²) in [7, 11) is 0. The monoisotopic (exact) mass is 340 g/mol. The Bertz CT molecular complexity index is 899. The van der Waals surface area contributed by atoms with Crippen LogP contribution in [0.5, 0.6) is 23.0 Å². The van der Waals surface area contributed by atoms with E-state index in [-0.39, 0.29) is 29.9 Å². The van der Waals surface area contributed by atoms with E-state index in [0.717, 1.165) is 29.0 Å². The maximum atomic E-state index is 11.4. The summed E-state index contributed by atoms with van der Waals surface area (Å²) >= 11 is 0. The summed E-state index contributed by atoms with van der Waals surface area (Å²) in [4.78, 5) is 22.5. The second-order valence-corrected chi connectivity index (χ2v) is 6.13. The SMILES string of the molecule is O=C1CCc2c1ccc(O)c2O.O=C1CCc2c1ccc1c2OCO1. The molecule has 1 heterocycles. The molecule has 2 aromatic rings. The highest BCUT2D eigenvalue weighted by molar-refractivity contribution is 6.02. The second kappa shape index (κ2) is 5.81. The molecule has 0 saturated carbocycles. The van der Waals surface area contributed by atoms with E-state index < -0.39 is 0 Å². The first-order valence-corrected chi connectivity index (χ1v) is 8.08. The average Bonchev–Trinajstić information content (AvgIpc) is 3.31. The van der Waals surface area contributed by atoms with Gasteiger partial charge >= 0.3 is 0 Å². The van der Waals surface area contributed by atoms with Crippen molar-refractivity contribution in [3.05, 3.63) is 46.5 Å². The lowest BCUT2D eigenvalue weighted by Gasteiger charge is -2.02. The Morgan fingerprint density at radius 1 is 0.760 bits per heavy atom. The number of hydrogen-bond acceptors (Lipinski definition) is 6. The molecule has 5 rings (SSSR count). The first-order chi connectivity index (χ1) is 12.1. The summed E-state index contributed by atoms with van der Waals surface area (Å²) < 4.78 is 10.5. The van der Waals surface area contributed by atoms with E-state index in [9.17, 15) is 14.7 Å². The van der Waals surface area contributed by atoms with E-state index in [1.165, 1.54) is 6.07 Å². The van der Waals surface area contributed by atoms with Crippen LogP contribution in [-0.4, -0.2) is 28.6 Å². The van der Waals surface area contributed by atoms with Gasteiger partial charge in [-0.05, 0) is 37.1 Å². The fourth-order valence-electron chi connectivity index (χ4n) is 3.42. The summed E-state index contributed by atoms with van der Waals surface area (Å²) in [5, 5.41) is 18.4. The topological polar surface area (TPSA) is 93.1 Å². The summed E-state index contributed by atoms with van der Waals surface area (Å²) in [5.41, 5.74) is 2.97. The van der Waals surface area contributed by atoms with Gasteiger partial charge in [-0.15, -0.1) is 0 Å². The molecular weight excluding hydrogens is 324 g/mol. The van der Waals surface area contributed by atoms with Crippen molar-refractivity contribution in [3.63, 3.8) is 0 Å². The second-order valence-electron chi connectivity index (χ2n) is 6.13. The van der Waals surface area contributed by atoms with Crippen LogP contribution in [-0.2, 0) is 12.8 Å². The Labute approximate surface area is 143 Å². The molecule has 6 heteroatoms. The molecule has 2 aromatic carbocycles. The summed E-state index contributed by atoms with van der Waals surface area (Å²) in [5.74, 6) is 1.52. The van der Waals surface area contributed by atoms with Gasteiger partial charge in [0.25, 0.3) is 0 Å². The van der Waals surface area contributed by atoms with E-state index in [1.807, 2.05) is 12.1 Å². The summed E-state index contributed by atoms with van der Waals surface area (Å²) in [6.45, 7) is 0.278. The van der Waals surface area contributed by atoms with Crippen molar-refractivity contribution in [2.24, 2.45) is 0 Å². The van der Waals surface area contributed by atoms with E-state index in [0.29, 0.717) is 30.4 Å². The van der Waals surface area contributed by atoms with Crippen LogP contribution in [0.3, 0.4) is 0 Å². The zero-order chi connectivity index (χ0) is 17.6. The van der Waals surface area contributed by atoms with Gasteiger partial charge < -0.3 is 19.7 Å². The van der Waals surface area contributed by atoms with Gasteiger partial charge in [0.05, 0.1) is 0 Å². The van der Waals surface area contributed by atoms with E-state index in [2.05, 4.69) is 0 Å². The van der Waals surface area contributed by atoms with Crippen molar-refractivity contribution in [2.75, 3.05) is 6.79 Å². The molecule has 0 saturated heterocycles. The van der Waals surface area contributed by atoms with E-state index in [1.54, 1.807) is 6.07 Å². The maximum absolute atomic E-state index is 11.4. The molecule has 0 atom stereocenters. The predicted octanol–water partition coefficient (Wildman–Crippen LogP) is 2.77. The van der Waals surface area contributed by atoms with Gasteiger partial charge in [-0.2, -0.15) is 0 Å². The van der Waals surface area contributed by atoms with Crippen LogP contribution < -0.4 is 9.47 Å². The van der Waals surface area contributed by atoms with Crippen molar-refractivity contribution >= 4 is 11.6 Å². The number of phenolic OH excluding ortho intramolecular Hbond substituents is 2. The maximum Gasteiger partial charge on any atom is 0.231 e. The van der Waals surface area contributed by atoms with E-state index >= 15 is 0 Å². The molecule has 0 amide bonds. The molecule has 2 aliphatic carbocycles. The largest absolute Gasteiger partial charge is 0.504 e.